The van der Waals surface area contributed by atoms with Gasteiger partial charge in [-0.3, -0.25) is 0 Å². The first-order chi connectivity index (χ1) is 19.6. The van der Waals surface area contributed by atoms with E-state index < -0.39 is 0 Å². The molecule has 0 saturated carbocycles. The molecule has 1 aromatic heterocycles. The molecule has 0 unspecified atom stereocenters. The minimum Gasteiger partial charge on any atom is -0.497 e. The minimum absolute atomic E-state index is 0.231. The van der Waals surface area contributed by atoms with Crippen molar-refractivity contribution in [2.24, 2.45) is 4.99 Å². The SMILES string of the molecule is COc1ccc(-c2oc(N=Cc3ccc(OCc4ccc(Br)cc4)cc3)c(C#N)c2-c2ccc(OC)cc2)cc1. The van der Waals surface area contributed by atoms with Crippen LogP contribution < -0.4 is 14.2 Å². The van der Waals surface area contributed by atoms with Crippen molar-refractivity contribution in [2.45, 2.75) is 6.61 Å². The molecule has 0 amide bonds. The maximum Gasteiger partial charge on any atom is 0.238 e. The highest BCUT2D eigenvalue weighted by Gasteiger charge is 2.23. The number of rotatable bonds is 9. The minimum atomic E-state index is 0.231. The molecular weight excluding hydrogens is 568 g/mol. The summed E-state index contributed by atoms with van der Waals surface area (Å²) in [6, 6.07) is 32.9. The number of nitrogens with zero attached hydrogens (tertiary/aromatic N) is 2. The van der Waals surface area contributed by atoms with E-state index in [1.54, 1.807) is 20.4 Å². The highest BCUT2D eigenvalue weighted by atomic mass is 79.9. The summed E-state index contributed by atoms with van der Waals surface area (Å²) >= 11 is 3.44. The Labute approximate surface area is 241 Å². The summed E-state index contributed by atoms with van der Waals surface area (Å²) in [5.41, 5.74) is 4.56. The van der Waals surface area contributed by atoms with Gasteiger partial charge in [0.25, 0.3) is 0 Å². The van der Waals surface area contributed by atoms with E-state index in [1.165, 1.54) is 0 Å². The molecule has 0 aliphatic rings. The van der Waals surface area contributed by atoms with Gasteiger partial charge >= 0.3 is 0 Å². The summed E-state index contributed by atoms with van der Waals surface area (Å²) in [5.74, 6) is 2.98. The van der Waals surface area contributed by atoms with Crippen LogP contribution in [0.3, 0.4) is 0 Å². The van der Waals surface area contributed by atoms with Gasteiger partial charge in [-0.1, -0.05) is 40.2 Å². The molecule has 0 aliphatic heterocycles. The van der Waals surface area contributed by atoms with Crippen LogP contribution in [0, 0.1) is 11.3 Å². The van der Waals surface area contributed by atoms with Crippen LogP contribution in [0.5, 0.6) is 17.2 Å². The Bertz CT molecular complexity index is 1650. The van der Waals surface area contributed by atoms with E-state index in [1.807, 2.05) is 97.1 Å². The third kappa shape index (κ3) is 6.09. The Morgan fingerprint density at radius 2 is 1.35 bits per heavy atom. The number of benzene rings is 4. The molecule has 40 heavy (non-hydrogen) atoms. The lowest BCUT2D eigenvalue weighted by Crippen LogP contribution is -1.95. The molecule has 0 fully saturated rings. The normalized spacial score (nSPS) is 10.8. The summed E-state index contributed by atoms with van der Waals surface area (Å²) in [6.45, 7) is 0.473. The smallest absolute Gasteiger partial charge is 0.238 e. The Morgan fingerprint density at radius 1 is 0.775 bits per heavy atom. The van der Waals surface area contributed by atoms with Gasteiger partial charge in [0.15, 0.2) is 0 Å². The quantitative estimate of drug-likeness (QED) is 0.160. The zero-order chi connectivity index (χ0) is 27.9. The highest BCUT2D eigenvalue weighted by Crippen LogP contribution is 2.43. The Kier molecular flexibility index (Phi) is 8.29. The first-order valence-corrected chi connectivity index (χ1v) is 13.2. The molecule has 0 atom stereocenters. The van der Waals surface area contributed by atoms with Gasteiger partial charge in [-0.2, -0.15) is 5.26 Å². The molecule has 198 valence electrons. The molecule has 5 aromatic rings. The van der Waals surface area contributed by atoms with Crippen molar-refractivity contribution in [3.63, 3.8) is 0 Å². The predicted octanol–water partition coefficient (Wildman–Crippen LogP) is 8.59. The van der Waals surface area contributed by atoms with Crippen LogP contribution in [-0.2, 0) is 6.61 Å². The molecule has 0 N–H and O–H groups in total. The highest BCUT2D eigenvalue weighted by molar-refractivity contribution is 9.10. The number of aliphatic imine (C=N–C) groups is 1. The Morgan fingerprint density at radius 3 is 1.93 bits per heavy atom. The first kappa shape index (κ1) is 26.8. The monoisotopic (exact) mass is 592 g/mol. The second-order valence-corrected chi connectivity index (χ2v) is 9.71. The predicted molar refractivity (Wildman–Crippen MR) is 160 cm³/mol. The maximum atomic E-state index is 10.2. The third-order valence-electron chi connectivity index (χ3n) is 6.26. The van der Waals surface area contributed by atoms with Crippen molar-refractivity contribution in [3.8, 4) is 45.8 Å². The van der Waals surface area contributed by atoms with E-state index in [0.717, 1.165) is 44.0 Å². The van der Waals surface area contributed by atoms with Gasteiger partial charge in [-0.15, -0.1) is 0 Å². The van der Waals surface area contributed by atoms with E-state index in [0.29, 0.717) is 23.5 Å². The van der Waals surface area contributed by atoms with Crippen molar-refractivity contribution in [2.75, 3.05) is 14.2 Å². The van der Waals surface area contributed by atoms with Crippen LogP contribution in [0.2, 0.25) is 0 Å². The lowest BCUT2D eigenvalue weighted by molar-refractivity contribution is 0.306. The van der Waals surface area contributed by atoms with Gasteiger partial charge in [-0.05, 0) is 89.5 Å². The molecule has 0 bridgehead atoms. The lowest BCUT2D eigenvalue weighted by Gasteiger charge is -2.06. The van der Waals surface area contributed by atoms with Gasteiger partial charge in [0.2, 0.25) is 5.88 Å². The molecule has 6 nitrogen and oxygen atoms in total. The topological polar surface area (TPSA) is 77.0 Å². The summed E-state index contributed by atoms with van der Waals surface area (Å²) in [7, 11) is 3.23. The van der Waals surface area contributed by atoms with Gasteiger partial charge in [0.1, 0.15) is 41.2 Å². The van der Waals surface area contributed by atoms with E-state index >= 15 is 0 Å². The van der Waals surface area contributed by atoms with Crippen LogP contribution in [-0.4, -0.2) is 20.4 Å². The lowest BCUT2D eigenvalue weighted by atomic mass is 9.98. The first-order valence-electron chi connectivity index (χ1n) is 12.4. The van der Waals surface area contributed by atoms with Crippen LogP contribution in [0.4, 0.5) is 5.88 Å². The number of hydrogen-bond donors (Lipinski definition) is 0. The summed E-state index contributed by atoms with van der Waals surface area (Å²) < 4.78 is 23.8. The zero-order valence-corrected chi connectivity index (χ0v) is 23.5. The van der Waals surface area contributed by atoms with E-state index in [9.17, 15) is 5.26 Å². The fourth-order valence-corrected chi connectivity index (χ4v) is 4.39. The fraction of sp³-hybridized carbons (Fsp3) is 0.0909. The fourth-order valence-electron chi connectivity index (χ4n) is 4.12. The Hall–Kier alpha value is -4.80. The van der Waals surface area contributed by atoms with Crippen LogP contribution >= 0.6 is 15.9 Å². The van der Waals surface area contributed by atoms with Gasteiger partial charge < -0.3 is 18.6 Å². The van der Waals surface area contributed by atoms with Gasteiger partial charge in [-0.25, -0.2) is 4.99 Å². The maximum absolute atomic E-state index is 10.2. The van der Waals surface area contributed by atoms with Crippen molar-refractivity contribution in [3.05, 3.63) is 118 Å². The molecule has 5 rings (SSSR count). The van der Waals surface area contributed by atoms with E-state index in [2.05, 4.69) is 27.0 Å². The largest absolute Gasteiger partial charge is 0.497 e. The summed E-state index contributed by atoms with van der Waals surface area (Å²) in [5, 5.41) is 10.2. The summed E-state index contributed by atoms with van der Waals surface area (Å²) in [4.78, 5) is 4.57. The van der Waals surface area contributed by atoms with Gasteiger partial charge in [0.05, 0.1) is 14.2 Å². The summed E-state index contributed by atoms with van der Waals surface area (Å²) in [6.07, 6.45) is 1.67. The average Bonchev–Trinajstić information content (AvgIpc) is 3.38. The number of ether oxygens (including phenoxy) is 3. The number of hydrogen-bond acceptors (Lipinski definition) is 6. The van der Waals surface area contributed by atoms with E-state index in [-0.39, 0.29) is 5.88 Å². The average molecular weight is 593 g/mol. The molecule has 4 aromatic carbocycles. The van der Waals surface area contributed by atoms with Crippen molar-refractivity contribution in [1.29, 1.82) is 5.26 Å². The van der Waals surface area contributed by atoms with Crippen LogP contribution in [0.1, 0.15) is 16.7 Å². The second-order valence-electron chi connectivity index (χ2n) is 8.80. The standard InChI is InChI=1S/C33H25BrN2O4/c1-37-27-15-7-24(8-16-27)31-30(19-35)33(40-32(31)25-9-17-28(38-2)18-10-25)36-20-22-5-13-29(14-6-22)39-21-23-3-11-26(34)12-4-23/h3-18,20H,21H2,1-2H3. The molecule has 0 spiro atoms. The van der Waals surface area contributed by atoms with Crippen molar-refractivity contribution >= 4 is 28.0 Å². The molecule has 0 saturated heterocycles. The van der Waals surface area contributed by atoms with Crippen molar-refractivity contribution in [1.82, 2.24) is 0 Å². The van der Waals surface area contributed by atoms with Crippen LogP contribution in [0.25, 0.3) is 22.5 Å². The number of halogens is 1. The molecule has 1 heterocycles. The van der Waals surface area contributed by atoms with Crippen molar-refractivity contribution < 1.29 is 18.6 Å². The number of nitriles is 1. The van der Waals surface area contributed by atoms with E-state index in [4.69, 9.17) is 18.6 Å². The number of furan rings is 1. The van der Waals surface area contributed by atoms with Gasteiger partial charge in [0, 0.05) is 21.8 Å². The third-order valence-corrected chi connectivity index (χ3v) is 6.79. The second kappa shape index (κ2) is 12.4. The molecular formula is C33H25BrN2O4. The zero-order valence-electron chi connectivity index (χ0n) is 21.9. The molecule has 7 heteroatoms. The van der Waals surface area contributed by atoms with Crippen LogP contribution in [0.15, 0.2) is 111 Å². The molecule has 0 aliphatic carbocycles. The Balaban J connectivity index is 1.43. The number of methoxy groups -OCH3 is 2. The molecule has 0 radical (unpaired) electrons.